The number of thioether (sulfide) groups is 1. The van der Waals surface area contributed by atoms with Gasteiger partial charge in [0, 0.05) is 23.1 Å². The minimum Gasteiger partial charge on any atom is -0.396 e. The molecule has 0 radical (unpaired) electrons. The van der Waals surface area contributed by atoms with Crippen molar-refractivity contribution in [2.75, 3.05) is 17.7 Å². The maximum atomic E-state index is 8.72. The lowest BCUT2D eigenvalue weighted by atomic mass is 10.2. The van der Waals surface area contributed by atoms with E-state index in [0.29, 0.717) is 0 Å². The van der Waals surface area contributed by atoms with E-state index in [4.69, 9.17) is 16.7 Å². The van der Waals surface area contributed by atoms with Crippen molar-refractivity contribution in [2.45, 2.75) is 30.5 Å². The van der Waals surface area contributed by atoms with Crippen molar-refractivity contribution in [1.82, 2.24) is 10.2 Å². The molecule has 0 aliphatic rings. The molecule has 7 heteroatoms. The highest BCUT2D eigenvalue weighted by molar-refractivity contribution is 8.01. The van der Waals surface area contributed by atoms with Crippen LogP contribution >= 0.6 is 34.7 Å². The van der Waals surface area contributed by atoms with Gasteiger partial charge in [-0.25, -0.2) is 0 Å². The van der Waals surface area contributed by atoms with Crippen LogP contribution in [0, 0.1) is 6.92 Å². The van der Waals surface area contributed by atoms with Gasteiger partial charge in [0.2, 0.25) is 5.13 Å². The van der Waals surface area contributed by atoms with E-state index in [-0.39, 0.29) is 6.61 Å². The van der Waals surface area contributed by atoms with Crippen LogP contribution in [0.3, 0.4) is 0 Å². The summed E-state index contributed by atoms with van der Waals surface area (Å²) in [7, 11) is 0. The van der Waals surface area contributed by atoms with E-state index in [2.05, 4.69) is 15.5 Å². The zero-order chi connectivity index (χ0) is 15.1. The molecule has 0 unspecified atom stereocenters. The number of benzene rings is 1. The number of aliphatic hydroxyl groups is 1. The zero-order valence-corrected chi connectivity index (χ0v) is 14.2. The molecule has 114 valence electrons. The van der Waals surface area contributed by atoms with Crippen LogP contribution in [0.4, 0.5) is 10.8 Å². The highest BCUT2D eigenvalue weighted by Crippen LogP contribution is 2.29. The summed E-state index contributed by atoms with van der Waals surface area (Å²) in [5, 5.41) is 21.7. The largest absolute Gasteiger partial charge is 0.396 e. The number of halogens is 1. The topological polar surface area (TPSA) is 58.0 Å². The molecule has 21 heavy (non-hydrogen) atoms. The van der Waals surface area contributed by atoms with Gasteiger partial charge in [0.15, 0.2) is 4.34 Å². The minimum atomic E-state index is 0.274. The smallest absolute Gasteiger partial charge is 0.210 e. The summed E-state index contributed by atoms with van der Waals surface area (Å²) in [5.74, 6) is 1.00. The van der Waals surface area contributed by atoms with Gasteiger partial charge in [0.1, 0.15) is 0 Å². The molecule has 0 amide bonds. The molecule has 0 aliphatic carbocycles. The van der Waals surface area contributed by atoms with Crippen molar-refractivity contribution >= 4 is 45.5 Å². The van der Waals surface area contributed by atoms with Crippen LogP contribution in [0.15, 0.2) is 22.5 Å². The Labute approximate surface area is 137 Å². The lowest BCUT2D eigenvalue weighted by Crippen LogP contribution is -1.89. The number of anilines is 2. The van der Waals surface area contributed by atoms with Crippen LogP contribution in [0.2, 0.25) is 5.02 Å². The van der Waals surface area contributed by atoms with E-state index in [0.717, 1.165) is 50.8 Å². The number of aromatic nitrogens is 2. The van der Waals surface area contributed by atoms with Crippen molar-refractivity contribution in [3.05, 3.63) is 28.8 Å². The molecule has 0 atom stereocenters. The highest BCUT2D eigenvalue weighted by atomic mass is 35.5. The summed E-state index contributed by atoms with van der Waals surface area (Å²) in [6.07, 6.45) is 3.01. The second kappa shape index (κ2) is 8.58. The molecule has 1 aromatic heterocycles. The molecule has 2 rings (SSSR count). The average molecular weight is 344 g/mol. The van der Waals surface area contributed by atoms with Crippen molar-refractivity contribution < 1.29 is 5.11 Å². The Morgan fingerprint density at radius 2 is 2.14 bits per heavy atom. The molecule has 0 spiro atoms. The number of aliphatic hydroxyl groups excluding tert-OH is 1. The molecule has 2 aromatic rings. The number of nitrogens with one attached hydrogen (secondary N) is 1. The standard InChI is InChI=1S/C14H18ClN3OS2/c1-10-5-6-11(9-12(10)15)16-13-17-18-14(21-13)20-8-4-2-3-7-19/h5-6,9,19H,2-4,7-8H2,1H3,(H,16,17). The lowest BCUT2D eigenvalue weighted by molar-refractivity contribution is 0.284. The summed E-state index contributed by atoms with van der Waals surface area (Å²) in [6, 6.07) is 5.84. The Morgan fingerprint density at radius 3 is 2.90 bits per heavy atom. The second-order valence-electron chi connectivity index (χ2n) is 4.59. The minimum absolute atomic E-state index is 0.274. The summed E-state index contributed by atoms with van der Waals surface area (Å²) in [4.78, 5) is 0. The van der Waals surface area contributed by atoms with Crippen LogP contribution in [0.5, 0.6) is 0 Å². The van der Waals surface area contributed by atoms with Crippen LogP contribution in [0.25, 0.3) is 0 Å². The van der Waals surface area contributed by atoms with Gasteiger partial charge in [-0.3, -0.25) is 0 Å². The van der Waals surface area contributed by atoms with Gasteiger partial charge in [-0.2, -0.15) is 0 Å². The number of hydrogen-bond donors (Lipinski definition) is 2. The second-order valence-corrected chi connectivity index (χ2v) is 7.32. The molecular formula is C14H18ClN3OS2. The molecule has 0 fully saturated rings. The molecular weight excluding hydrogens is 326 g/mol. The molecule has 0 saturated heterocycles. The summed E-state index contributed by atoms with van der Waals surface area (Å²) >= 11 is 9.34. The fraction of sp³-hybridized carbons (Fsp3) is 0.429. The van der Waals surface area contributed by atoms with Gasteiger partial charge >= 0.3 is 0 Å². The van der Waals surface area contributed by atoms with E-state index in [1.165, 1.54) is 11.3 Å². The number of aryl methyl sites for hydroxylation is 1. The van der Waals surface area contributed by atoms with Crippen molar-refractivity contribution in [1.29, 1.82) is 0 Å². The predicted octanol–water partition coefficient (Wildman–Crippen LogP) is 4.50. The fourth-order valence-electron chi connectivity index (χ4n) is 1.66. The zero-order valence-electron chi connectivity index (χ0n) is 11.8. The maximum absolute atomic E-state index is 8.72. The first kappa shape index (κ1) is 16.5. The third-order valence-electron chi connectivity index (χ3n) is 2.86. The number of unbranched alkanes of at least 4 members (excludes halogenated alkanes) is 2. The monoisotopic (exact) mass is 343 g/mol. The van der Waals surface area contributed by atoms with Crippen LogP contribution in [0.1, 0.15) is 24.8 Å². The third-order valence-corrected chi connectivity index (χ3v) is 5.32. The van der Waals surface area contributed by atoms with E-state index >= 15 is 0 Å². The Morgan fingerprint density at radius 1 is 1.29 bits per heavy atom. The van der Waals surface area contributed by atoms with Crippen LogP contribution < -0.4 is 5.32 Å². The molecule has 0 bridgehead atoms. The van der Waals surface area contributed by atoms with E-state index in [9.17, 15) is 0 Å². The first-order valence-electron chi connectivity index (χ1n) is 6.79. The molecule has 0 saturated carbocycles. The van der Waals surface area contributed by atoms with Crippen LogP contribution in [-0.4, -0.2) is 27.7 Å². The van der Waals surface area contributed by atoms with E-state index in [1.54, 1.807) is 11.8 Å². The first-order chi connectivity index (χ1) is 10.2. The van der Waals surface area contributed by atoms with Crippen molar-refractivity contribution in [3.8, 4) is 0 Å². The lowest BCUT2D eigenvalue weighted by Gasteiger charge is -2.03. The van der Waals surface area contributed by atoms with Gasteiger partial charge in [0.25, 0.3) is 0 Å². The van der Waals surface area contributed by atoms with Gasteiger partial charge in [0.05, 0.1) is 0 Å². The van der Waals surface area contributed by atoms with Crippen molar-refractivity contribution in [2.24, 2.45) is 0 Å². The maximum Gasteiger partial charge on any atom is 0.210 e. The quantitative estimate of drug-likeness (QED) is 0.546. The Bertz CT molecular complexity index is 577. The average Bonchev–Trinajstić information content (AvgIpc) is 2.90. The Kier molecular flexibility index (Phi) is 6.76. The number of nitrogens with zero attached hydrogens (tertiary/aromatic N) is 2. The highest BCUT2D eigenvalue weighted by Gasteiger charge is 2.06. The first-order valence-corrected chi connectivity index (χ1v) is 8.97. The molecule has 2 N–H and O–H groups in total. The van der Waals surface area contributed by atoms with Gasteiger partial charge in [-0.05, 0) is 37.5 Å². The fourth-order valence-corrected chi connectivity index (χ4v) is 3.69. The van der Waals surface area contributed by atoms with Crippen molar-refractivity contribution in [3.63, 3.8) is 0 Å². The van der Waals surface area contributed by atoms with E-state index in [1.807, 2.05) is 25.1 Å². The SMILES string of the molecule is Cc1ccc(Nc2nnc(SCCCCCO)s2)cc1Cl. The van der Waals surface area contributed by atoms with Gasteiger partial charge in [-0.15, -0.1) is 10.2 Å². The molecule has 0 aliphatic heterocycles. The van der Waals surface area contributed by atoms with Gasteiger partial charge in [-0.1, -0.05) is 47.2 Å². The molecule has 1 aromatic carbocycles. The summed E-state index contributed by atoms with van der Waals surface area (Å²) in [5.41, 5.74) is 1.97. The molecule has 4 nitrogen and oxygen atoms in total. The van der Waals surface area contributed by atoms with Crippen LogP contribution in [-0.2, 0) is 0 Å². The summed E-state index contributed by atoms with van der Waals surface area (Å²) in [6.45, 7) is 2.25. The Hall–Kier alpha value is -0.820. The normalized spacial score (nSPS) is 10.8. The summed E-state index contributed by atoms with van der Waals surface area (Å²) < 4.78 is 0.958. The number of hydrogen-bond acceptors (Lipinski definition) is 6. The van der Waals surface area contributed by atoms with Gasteiger partial charge < -0.3 is 10.4 Å². The third kappa shape index (κ3) is 5.47. The number of rotatable bonds is 8. The Balaban J connectivity index is 1.83. The van der Waals surface area contributed by atoms with E-state index < -0.39 is 0 Å². The molecule has 1 heterocycles. The predicted molar refractivity (Wildman–Crippen MR) is 91.0 cm³/mol.